The highest BCUT2D eigenvalue weighted by Gasteiger charge is 2.26. The minimum absolute atomic E-state index is 0.0157. The molecule has 0 radical (unpaired) electrons. The maximum absolute atomic E-state index is 15.4. The fourth-order valence-electron chi connectivity index (χ4n) is 5.33. The van der Waals surface area contributed by atoms with Crippen LogP contribution in [-0.4, -0.2) is 41.7 Å². The van der Waals surface area contributed by atoms with Crippen molar-refractivity contribution in [2.45, 2.75) is 52.9 Å². The highest BCUT2D eigenvalue weighted by atomic mass is 19.1. The molecule has 42 heavy (non-hydrogen) atoms. The third-order valence-electron chi connectivity index (χ3n) is 7.71. The van der Waals surface area contributed by atoms with Crippen molar-refractivity contribution in [3.8, 4) is 16.9 Å². The first-order valence-electron chi connectivity index (χ1n) is 14.0. The van der Waals surface area contributed by atoms with Crippen LogP contribution in [-0.2, 0) is 40.6 Å². The first-order valence-corrected chi connectivity index (χ1v) is 14.0. The van der Waals surface area contributed by atoms with Crippen LogP contribution in [0.4, 0.5) is 8.78 Å². The molecule has 0 atom stereocenters. The zero-order chi connectivity index (χ0) is 30.6. The molecule has 0 bridgehead atoms. The van der Waals surface area contributed by atoms with Gasteiger partial charge in [0.1, 0.15) is 11.5 Å². The van der Waals surface area contributed by atoms with Crippen LogP contribution in [0.25, 0.3) is 22.2 Å². The second kappa shape index (κ2) is 13.1. The van der Waals surface area contributed by atoms with Gasteiger partial charge in [0.15, 0.2) is 11.6 Å². The normalized spacial score (nSPS) is 13.3. The van der Waals surface area contributed by atoms with Gasteiger partial charge in [-0.1, -0.05) is 18.7 Å². The summed E-state index contributed by atoms with van der Waals surface area (Å²) >= 11 is 0. The van der Waals surface area contributed by atoms with Gasteiger partial charge in [-0.2, -0.15) is 0 Å². The van der Waals surface area contributed by atoms with Crippen molar-refractivity contribution >= 4 is 22.9 Å². The number of methoxy groups -OCH3 is 1. The highest BCUT2D eigenvalue weighted by Crippen LogP contribution is 2.42. The molecule has 1 amide bonds. The van der Waals surface area contributed by atoms with E-state index in [1.54, 1.807) is 6.92 Å². The number of nitrogens with zero attached hydrogens (tertiary/aromatic N) is 2. The van der Waals surface area contributed by atoms with Gasteiger partial charge in [-0.15, -0.1) is 0 Å². The predicted molar refractivity (Wildman–Crippen MR) is 160 cm³/mol. The fraction of sp³-hybridized carbons (Fsp3) is 0.364. The number of nitrogens with one attached hydrogen (secondary N) is 1. The molecule has 9 heteroatoms. The average molecular weight is 578 g/mol. The molecule has 7 nitrogen and oxygen atoms in total. The Labute approximate surface area is 244 Å². The Bertz CT molecular complexity index is 1620. The zero-order valence-electron chi connectivity index (χ0n) is 24.8. The molecule has 1 N–H and O–H groups in total. The van der Waals surface area contributed by atoms with E-state index < -0.39 is 11.8 Å². The standard InChI is InChI=1S/C33H37F2N3O4/c1-7-22(34)11-10-19(2)18-36-29(39)13-12-23-15-27-31(25-16-28(35)32-24(20(25)3)9-8-14-42-32)26(17-30(40)41-6)21(4)37-33(27)38(23)5/h7,10-11,15-16H,2,8-9,12-14,17-18H2,1,3-6H3,(H,36,39). The lowest BCUT2D eigenvalue weighted by Gasteiger charge is -2.23. The maximum atomic E-state index is 15.4. The van der Waals surface area contributed by atoms with Crippen molar-refractivity contribution in [3.05, 3.63) is 82.2 Å². The lowest BCUT2D eigenvalue weighted by molar-refractivity contribution is -0.139. The Kier molecular flexibility index (Phi) is 9.60. The molecule has 0 unspecified atom stereocenters. The Morgan fingerprint density at radius 1 is 1.26 bits per heavy atom. The lowest BCUT2D eigenvalue weighted by Crippen LogP contribution is -2.25. The third kappa shape index (κ3) is 6.45. The first kappa shape index (κ1) is 30.7. The molecule has 2 aromatic heterocycles. The van der Waals surface area contributed by atoms with Crippen molar-refractivity contribution in [2.24, 2.45) is 7.05 Å². The number of hydrogen-bond acceptors (Lipinski definition) is 5. The van der Waals surface area contributed by atoms with Crippen LogP contribution >= 0.6 is 0 Å². The molecule has 1 aliphatic rings. The molecule has 0 fully saturated rings. The van der Waals surface area contributed by atoms with E-state index in [-0.39, 0.29) is 31.1 Å². The molecular weight excluding hydrogens is 540 g/mol. The number of allylic oxidation sites excluding steroid dienone is 3. The number of aromatic nitrogens is 2. The number of halogens is 2. The summed E-state index contributed by atoms with van der Waals surface area (Å²) in [5.41, 5.74) is 6.56. The van der Waals surface area contributed by atoms with Crippen molar-refractivity contribution < 1.29 is 27.8 Å². The number of pyridine rings is 1. The van der Waals surface area contributed by atoms with Gasteiger partial charge in [0.2, 0.25) is 5.91 Å². The second-order valence-electron chi connectivity index (χ2n) is 10.5. The summed E-state index contributed by atoms with van der Waals surface area (Å²) in [6, 6.07) is 3.44. The molecule has 4 rings (SSSR count). The molecule has 0 saturated heterocycles. The van der Waals surface area contributed by atoms with Crippen molar-refractivity contribution in [3.63, 3.8) is 0 Å². The summed E-state index contributed by atoms with van der Waals surface area (Å²) in [4.78, 5) is 29.9. The average Bonchev–Trinajstić information content (AvgIpc) is 3.30. The molecule has 1 aromatic carbocycles. The summed E-state index contributed by atoms with van der Waals surface area (Å²) in [5.74, 6) is -1.11. The first-order chi connectivity index (χ1) is 20.0. The van der Waals surface area contributed by atoms with Crippen molar-refractivity contribution in [1.29, 1.82) is 0 Å². The van der Waals surface area contributed by atoms with Gasteiger partial charge in [0.05, 0.1) is 20.1 Å². The Morgan fingerprint density at radius 3 is 2.74 bits per heavy atom. The van der Waals surface area contributed by atoms with E-state index in [2.05, 4.69) is 11.9 Å². The zero-order valence-corrected chi connectivity index (χ0v) is 24.8. The van der Waals surface area contributed by atoms with Gasteiger partial charge in [-0.05, 0) is 86.1 Å². The smallest absolute Gasteiger partial charge is 0.310 e. The third-order valence-corrected chi connectivity index (χ3v) is 7.71. The van der Waals surface area contributed by atoms with Crippen LogP contribution in [0.15, 0.2) is 48.3 Å². The molecule has 1 aliphatic heterocycles. The number of carbonyl (C=O) groups excluding carboxylic acids is 2. The van der Waals surface area contributed by atoms with Gasteiger partial charge < -0.3 is 19.4 Å². The Morgan fingerprint density at radius 2 is 2.02 bits per heavy atom. The van der Waals surface area contributed by atoms with E-state index in [9.17, 15) is 14.0 Å². The van der Waals surface area contributed by atoms with E-state index in [4.69, 9.17) is 14.5 Å². The molecular formula is C33H37F2N3O4. The number of aryl methyl sites for hydroxylation is 3. The SMILES string of the molecule is C=C(C=CC(F)=CC)CNC(=O)CCc1cc2c(-c3cc(F)c4c(c3C)CCCO4)c(CC(=O)OC)c(C)nc2n1C. The molecule has 0 saturated carbocycles. The molecule has 0 aliphatic carbocycles. The maximum Gasteiger partial charge on any atom is 0.310 e. The number of esters is 1. The lowest BCUT2D eigenvalue weighted by atomic mass is 9.87. The van der Waals surface area contributed by atoms with Crippen LogP contribution < -0.4 is 10.1 Å². The predicted octanol–water partition coefficient (Wildman–Crippen LogP) is 6.07. The number of ether oxygens (including phenoxy) is 2. The number of hydrogen-bond donors (Lipinski definition) is 1. The number of benzene rings is 1. The molecule has 222 valence electrons. The van der Waals surface area contributed by atoms with Gasteiger partial charge >= 0.3 is 5.97 Å². The van der Waals surface area contributed by atoms with Gasteiger partial charge in [-0.3, -0.25) is 9.59 Å². The minimum atomic E-state index is -0.436. The number of amides is 1. The van der Waals surface area contributed by atoms with E-state index in [0.717, 1.165) is 34.2 Å². The van der Waals surface area contributed by atoms with Crippen molar-refractivity contribution in [1.82, 2.24) is 14.9 Å². The van der Waals surface area contributed by atoms with Gasteiger partial charge in [0, 0.05) is 42.4 Å². The van der Waals surface area contributed by atoms with Crippen LogP contribution in [0.3, 0.4) is 0 Å². The summed E-state index contributed by atoms with van der Waals surface area (Å²) in [6.07, 6.45) is 6.27. The van der Waals surface area contributed by atoms with Crippen LogP contribution in [0, 0.1) is 19.7 Å². The molecule has 0 spiro atoms. The largest absolute Gasteiger partial charge is 0.490 e. The number of rotatable bonds is 10. The summed E-state index contributed by atoms with van der Waals surface area (Å²) in [7, 11) is 3.21. The second-order valence-corrected chi connectivity index (χ2v) is 10.5. The van der Waals surface area contributed by atoms with Gasteiger partial charge in [-0.25, -0.2) is 13.8 Å². The summed E-state index contributed by atoms with van der Waals surface area (Å²) in [5, 5.41) is 3.58. The molecule has 3 aromatic rings. The number of fused-ring (bicyclic) bond motifs is 2. The van der Waals surface area contributed by atoms with Crippen molar-refractivity contribution in [2.75, 3.05) is 20.3 Å². The fourth-order valence-corrected chi connectivity index (χ4v) is 5.33. The van der Waals surface area contributed by atoms with Crippen LogP contribution in [0.1, 0.15) is 47.8 Å². The monoisotopic (exact) mass is 577 g/mol. The van der Waals surface area contributed by atoms with Crippen LogP contribution in [0.2, 0.25) is 0 Å². The molecule has 3 heterocycles. The highest BCUT2D eigenvalue weighted by molar-refractivity contribution is 5.99. The summed E-state index contributed by atoms with van der Waals surface area (Å²) < 4.78 is 41.2. The van der Waals surface area contributed by atoms with Crippen LogP contribution in [0.5, 0.6) is 5.75 Å². The number of carbonyl (C=O) groups is 2. The topological polar surface area (TPSA) is 82.4 Å². The Hall–Kier alpha value is -4.27. The van der Waals surface area contributed by atoms with E-state index in [1.165, 1.54) is 31.4 Å². The van der Waals surface area contributed by atoms with E-state index >= 15 is 4.39 Å². The van der Waals surface area contributed by atoms with E-state index in [1.807, 2.05) is 31.5 Å². The Balaban J connectivity index is 1.70. The minimum Gasteiger partial charge on any atom is -0.490 e. The quantitative estimate of drug-likeness (QED) is 0.234. The van der Waals surface area contributed by atoms with Gasteiger partial charge in [0.25, 0.3) is 0 Å². The van der Waals surface area contributed by atoms with E-state index in [0.29, 0.717) is 53.2 Å². The summed E-state index contributed by atoms with van der Waals surface area (Å²) in [6.45, 7) is 9.90.